The maximum absolute atomic E-state index is 8.58. The number of primary amides is 1. The van der Waals surface area contributed by atoms with Crippen LogP contribution >= 0.6 is 0 Å². The van der Waals surface area contributed by atoms with Crippen LogP contribution < -0.4 is 17.2 Å². The molecule has 5 nitrogen and oxygen atoms in total. The minimum atomic E-state index is -0.333. The Morgan fingerprint density at radius 1 is 1.57 bits per heavy atom. The average molecular weight is 104 g/mol. The fraction of sp³-hybridized carbons (Fsp3) is 0. The van der Waals surface area contributed by atoms with Crippen molar-refractivity contribution in [3.05, 3.63) is 0 Å². The summed E-state index contributed by atoms with van der Waals surface area (Å²) in [5.74, 6) is -0.333. The normalized spacial score (nSPS) is 5.14. The summed E-state index contributed by atoms with van der Waals surface area (Å²) in [7, 11) is 0. The van der Waals surface area contributed by atoms with Gasteiger partial charge in [-0.05, 0) is 0 Å². The van der Waals surface area contributed by atoms with Crippen LogP contribution in [-0.2, 0) is 4.79 Å². The molecular formula is C2H8N4O. The number of rotatable bonds is 0. The van der Waals surface area contributed by atoms with Gasteiger partial charge in [-0.3, -0.25) is 10.2 Å². The molecule has 1 amide bonds. The smallest absolute Gasteiger partial charge is 0.204 e. The summed E-state index contributed by atoms with van der Waals surface area (Å²) in [5, 5.41) is 6.06. The number of amides is 1. The lowest BCUT2D eigenvalue weighted by molar-refractivity contribution is -0.106. The zero-order valence-electron chi connectivity index (χ0n) is 3.72. The van der Waals surface area contributed by atoms with E-state index in [0.717, 1.165) is 0 Å². The maximum atomic E-state index is 8.58. The molecule has 0 radical (unpaired) electrons. The molecule has 0 unspecified atom stereocenters. The van der Waals surface area contributed by atoms with Crippen molar-refractivity contribution in [2.24, 2.45) is 17.2 Å². The van der Waals surface area contributed by atoms with Gasteiger partial charge in [-0.1, -0.05) is 0 Å². The highest BCUT2D eigenvalue weighted by Crippen LogP contribution is 1.13. The third-order valence-electron chi connectivity index (χ3n) is 0. The van der Waals surface area contributed by atoms with Crippen molar-refractivity contribution >= 4 is 12.4 Å². The highest BCUT2D eigenvalue weighted by Gasteiger charge is 1.52. The van der Waals surface area contributed by atoms with E-state index in [4.69, 9.17) is 10.2 Å². The SMILES string of the molecule is N=C(N)N.NC=O. The van der Waals surface area contributed by atoms with Gasteiger partial charge in [-0.2, -0.15) is 0 Å². The fourth-order valence-electron chi connectivity index (χ4n) is 0. The highest BCUT2D eigenvalue weighted by atomic mass is 16.1. The van der Waals surface area contributed by atoms with Crippen molar-refractivity contribution in [2.75, 3.05) is 0 Å². The van der Waals surface area contributed by atoms with Crippen molar-refractivity contribution in [3.63, 3.8) is 0 Å². The Morgan fingerprint density at radius 3 is 1.57 bits per heavy atom. The van der Waals surface area contributed by atoms with Crippen molar-refractivity contribution < 1.29 is 4.79 Å². The van der Waals surface area contributed by atoms with E-state index < -0.39 is 0 Å². The maximum Gasteiger partial charge on any atom is 0.204 e. The van der Waals surface area contributed by atoms with Crippen molar-refractivity contribution in [1.82, 2.24) is 0 Å². The van der Waals surface area contributed by atoms with Crippen molar-refractivity contribution in [1.29, 1.82) is 5.41 Å². The molecule has 0 saturated heterocycles. The topological polar surface area (TPSA) is 119 Å². The summed E-state index contributed by atoms with van der Waals surface area (Å²) in [6.45, 7) is 0. The molecule has 0 spiro atoms. The van der Waals surface area contributed by atoms with Gasteiger partial charge in [0, 0.05) is 0 Å². The molecule has 0 bridgehead atoms. The summed E-state index contributed by atoms with van der Waals surface area (Å²) in [6, 6.07) is 0. The van der Waals surface area contributed by atoms with Crippen LogP contribution in [-0.4, -0.2) is 12.4 Å². The first kappa shape index (κ1) is 9.22. The highest BCUT2D eigenvalue weighted by molar-refractivity contribution is 5.71. The summed E-state index contributed by atoms with van der Waals surface area (Å²) < 4.78 is 0. The van der Waals surface area contributed by atoms with Crippen LogP contribution in [0.25, 0.3) is 0 Å². The Balaban J connectivity index is 0. The monoisotopic (exact) mass is 104 g/mol. The van der Waals surface area contributed by atoms with Gasteiger partial charge < -0.3 is 17.2 Å². The van der Waals surface area contributed by atoms with E-state index in [-0.39, 0.29) is 12.4 Å². The molecule has 7 heavy (non-hydrogen) atoms. The van der Waals surface area contributed by atoms with Crippen molar-refractivity contribution in [3.8, 4) is 0 Å². The first-order chi connectivity index (χ1) is 3.15. The number of hydrogen-bond acceptors (Lipinski definition) is 2. The van der Waals surface area contributed by atoms with Crippen LogP contribution in [0.15, 0.2) is 0 Å². The Hall–Kier alpha value is -1.26. The van der Waals surface area contributed by atoms with Gasteiger partial charge in [0.25, 0.3) is 0 Å². The van der Waals surface area contributed by atoms with Crippen LogP contribution in [0.5, 0.6) is 0 Å². The van der Waals surface area contributed by atoms with Crippen LogP contribution in [0.2, 0.25) is 0 Å². The second-order valence-corrected chi connectivity index (χ2v) is 0.591. The van der Waals surface area contributed by atoms with E-state index in [1.54, 1.807) is 0 Å². The first-order valence-electron chi connectivity index (χ1n) is 1.40. The van der Waals surface area contributed by atoms with E-state index in [1.165, 1.54) is 0 Å². The zero-order chi connectivity index (χ0) is 6.28. The molecule has 0 rings (SSSR count). The molecule has 0 aliphatic carbocycles. The summed E-state index contributed by atoms with van der Waals surface area (Å²) in [5.41, 5.74) is 13.1. The van der Waals surface area contributed by atoms with Gasteiger partial charge in [-0.25, -0.2) is 0 Å². The largest absolute Gasteiger partial charge is 0.372 e. The molecule has 0 aliphatic rings. The Kier molecular flexibility index (Phi) is 11.6. The Morgan fingerprint density at radius 2 is 1.57 bits per heavy atom. The number of nitrogens with one attached hydrogen (secondary N) is 1. The van der Waals surface area contributed by atoms with Gasteiger partial charge >= 0.3 is 0 Å². The number of guanidine groups is 1. The molecule has 0 aromatic rings. The fourth-order valence-corrected chi connectivity index (χ4v) is 0. The van der Waals surface area contributed by atoms with E-state index in [9.17, 15) is 0 Å². The third kappa shape index (κ3) is 22.4. The molecule has 0 fully saturated rings. The quantitative estimate of drug-likeness (QED) is 0.161. The molecular weight excluding hydrogens is 96.0 g/mol. The van der Waals surface area contributed by atoms with E-state index in [1.807, 2.05) is 0 Å². The predicted molar refractivity (Wildman–Crippen MR) is 26.4 cm³/mol. The van der Waals surface area contributed by atoms with Crippen LogP contribution in [0.4, 0.5) is 0 Å². The number of carbonyl (C=O) groups is 1. The number of carbonyl (C=O) groups excluding carboxylic acids is 1. The van der Waals surface area contributed by atoms with Gasteiger partial charge in [0.2, 0.25) is 6.41 Å². The second-order valence-electron chi connectivity index (χ2n) is 0.591. The van der Waals surface area contributed by atoms with Gasteiger partial charge in [0.05, 0.1) is 0 Å². The second kappa shape index (κ2) is 8.83. The molecule has 0 aromatic heterocycles. The standard InChI is InChI=1S/CH5N3.CH3NO/c2-1(3)4;2-1-3/h(H5,2,3,4);1H,(H2,2,3). The molecule has 5 heteroatoms. The molecule has 0 aliphatic heterocycles. The third-order valence-corrected chi connectivity index (χ3v) is 0. The summed E-state index contributed by atoms with van der Waals surface area (Å²) in [4.78, 5) is 8.58. The lowest BCUT2D eigenvalue weighted by atomic mass is 11.1. The Bertz CT molecular complexity index is 56.7. The molecule has 42 valence electrons. The van der Waals surface area contributed by atoms with Crippen LogP contribution in [0, 0.1) is 5.41 Å². The van der Waals surface area contributed by atoms with E-state index in [2.05, 4.69) is 17.2 Å². The van der Waals surface area contributed by atoms with Gasteiger partial charge in [-0.15, -0.1) is 0 Å². The number of hydrogen-bond donors (Lipinski definition) is 4. The predicted octanol–water partition coefficient (Wildman–Crippen LogP) is -2.06. The lowest BCUT2D eigenvalue weighted by Crippen LogP contribution is -2.20. The average Bonchev–Trinajstić information content (AvgIpc) is 1.33. The van der Waals surface area contributed by atoms with Crippen LogP contribution in [0.1, 0.15) is 0 Å². The molecule has 0 heterocycles. The molecule has 7 N–H and O–H groups in total. The first-order valence-corrected chi connectivity index (χ1v) is 1.40. The minimum Gasteiger partial charge on any atom is -0.372 e. The van der Waals surface area contributed by atoms with Crippen molar-refractivity contribution in [2.45, 2.75) is 0 Å². The van der Waals surface area contributed by atoms with E-state index >= 15 is 0 Å². The lowest BCUT2D eigenvalue weighted by Gasteiger charge is -1.69. The zero-order valence-corrected chi connectivity index (χ0v) is 3.72. The minimum absolute atomic E-state index is 0.250. The molecule has 0 saturated carbocycles. The van der Waals surface area contributed by atoms with Crippen LogP contribution in [0.3, 0.4) is 0 Å². The number of nitrogens with two attached hydrogens (primary N) is 3. The molecule has 0 aromatic carbocycles. The van der Waals surface area contributed by atoms with Gasteiger partial charge in [0.15, 0.2) is 5.96 Å². The van der Waals surface area contributed by atoms with Gasteiger partial charge in [0.1, 0.15) is 0 Å². The van der Waals surface area contributed by atoms with E-state index in [0.29, 0.717) is 0 Å². The summed E-state index contributed by atoms with van der Waals surface area (Å²) in [6.07, 6.45) is 0.250. The molecule has 0 atom stereocenters. The summed E-state index contributed by atoms with van der Waals surface area (Å²) >= 11 is 0. The Labute approximate surface area is 41.0 Å².